The number of ether oxygens (including phenoxy) is 1. The second-order valence-corrected chi connectivity index (χ2v) is 12.6. The second kappa shape index (κ2) is 13.3. The van der Waals surface area contributed by atoms with Gasteiger partial charge in [-0.3, -0.25) is 9.10 Å². The van der Waals surface area contributed by atoms with Crippen LogP contribution in [0, 0.1) is 0 Å². The number of halogens is 3. The van der Waals surface area contributed by atoms with Gasteiger partial charge in [0.25, 0.3) is 0 Å². The van der Waals surface area contributed by atoms with Gasteiger partial charge in [0, 0.05) is 7.05 Å². The summed E-state index contributed by atoms with van der Waals surface area (Å²) in [6.45, 7) is 3.00. The van der Waals surface area contributed by atoms with E-state index in [1.807, 2.05) is 26.2 Å². The van der Waals surface area contributed by atoms with E-state index >= 15 is 0 Å². The van der Waals surface area contributed by atoms with E-state index in [0.717, 1.165) is 29.1 Å². The van der Waals surface area contributed by atoms with Gasteiger partial charge in [-0.15, -0.1) is 0 Å². The molecule has 1 saturated heterocycles. The third-order valence-electron chi connectivity index (χ3n) is 6.90. The van der Waals surface area contributed by atoms with E-state index < -0.39 is 40.3 Å². The van der Waals surface area contributed by atoms with Crippen LogP contribution in [0.1, 0.15) is 70.3 Å². The lowest BCUT2D eigenvalue weighted by molar-refractivity contribution is -0.899. The van der Waals surface area contributed by atoms with Crippen LogP contribution in [0.2, 0.25) is 0 Å². The van der Waals surface area contributed by atoms with Gasteiger partial charge < -0.3 is 9.22 Å². The predicted molar refractivity (Wildman–Crippen MR) is 140 cm³/mol. The largest absolute Gasteiger partial charge is 0.491 e. The number of benzene rings is 1. The molecule has 0 aliphatic carbocycles. The lowest BCUT2D eigenvalue weighted by Crippen LogP contribution is -2.65. The van der Waals surface area contributed by atoms with Gasteiger partial charge in [-0.25, -0.2) is 4.79 Å². The summed E-state index contributed by atoms with van der Waals surface area (Å²) in [7, 11) is 0.828. The number of likely N-dealkylation sites (N-methyl/N-ethyl adjacent to an activating group) is 1. The summed E-state index contributed by atoms with van der Waals surface area (Å²) >= 11 is 0. The van der Waals surface area contributed by atoms with Crippen molar-refractivity contribution in [2.24, 2.45) is 0 Å². The number of carbonyl (C=O) groups is 2. The van der Waals surface area contributed by atoms with Crippen LogP contribution in [0.3, 0.4) is 0 Å². The summed E-state index contributed by atoms with van der Waals surface area (Å²) in [5, 5.41) is 0. The Bertz CT molecular complexity index is 1050. The molecule has 1 aliphatic heterocycles. The smallest absolute Gasteiger partial charge is 0.386 e. The highest BCUT2D eigenvalue weighted by molar-refractivity contribution is 7.90. The summed E-state index contributed by atoms with van der Waals surface area (Å²) in [6.07, 6.45) is 2.67. The van der Waals surface area contributed by atoms with Crippen LogP contribution in [-0.2, 0) is 31.0 Å². The first-order valence-electron chi connectivity index (χ1n) is 13.1. The first kappa shape index (κ1) is 32.0. The first-order valence-corrected chi connectivity index (χ1v) is 14.5. The number of piperidine rings is 1. The molecule has 2 rings (SSSR count). The predicted octanol–water partition coefficient (Wildman–Crippen LogP) is 4.49. The van der Waals surface area contributed by atoms with Gasteiger partial charge in [0.15, 0.2) is 0 Å². The van der Waals surface area contributed by atoms with Crippen LogP contribution >= 0.6 is 0 Å². The van der Waals surface area contributed by atoms with E-state index in [1.165, 1.54) is 32.7 Å². The minimum absolute atomic E-state index is 0.132. The molecule has 1 atom stereocenters. The Morgan fingerprint density at radius 1 is 1.08 bits per heavy atom. The molecule has 216 valence electrons. The molecule has 38 heavy (non-hydrogen) atoms. The minimum Gasteiger partial charge on any atom is -0.386 e. The number of rotatable bonds is 13. The zero-order valence-electron chi connectivity index (χ0n) is 22.8. The van der Waals surface area contributed by atoms with Crippen LogP contribution in [0.4, 0.5) is 18.9 Å². The first-order chi connectivity index (χ1) is 17.6. The highest BCUT2D eigenvalue weighted by Crippen LogP contribution is 2.30. The van der Waals surface area contributed by atoms with Crippen molar-refractivity contribution >= 4 is 27.8 Å². The van der Waals surface area contributed by atoms with Crippen molar-refractivity contribution in [3.8, 4) is 0 Å². The van der Waals surface area contributed by atoms with Crippen molar-refractivity contribution in [3.05, 3.63) is 29.8 Å². The van der Waals surface area contributed by atoms with Gasteiger partial charge in [0.1, 0.15) is 0 Å². The van der Waals surface area contributed by atoms with E-state index in [9.17, 15) is 31.2 Å². The Morgan fingerprint density at radius 3 is 2.26 bits per heavy atom. The second-order valence-electron chi connectivity index (χ2n) is 10.9. The fraction of sp³-hybridized carbons (Fsp3) is 0.692. The molecular weight excluding hydrogens is 523 g/mol. The number of aryl methyl sites for hydroxylation is 1. The van der Waals surface area contributed by atoms with E-state index in [4.69, 9.17) is 0 Å². The SMILES string of the molecule is CCCCCCCCc1ccc(N(C)S(=O)(=O)NC2(CC(=O)OC(=O)C(F)(F)F)CCC[N+](C)(C)C2)cc1. The monoisotopic (exact) mass is 564 g/mol. The van der Waals surface area contributed by atoms with E-state index in [1.54, 1.807) is 12.1 Å². The van der Waals surface area contributed by atoms with Crippen molar-refractivity contribution in [2.45, 2.75) is 82.8 Å². The van der Waals surface area contributed by atoms with E-state index in [0.29, 0.717) is 23.1 Å². The highest BCUT2D eigenvalue weighted by Gasteiger charge is 2.48. The van der Waals surface area contributed by atoms with Gasteiger partial charge in [0.05, 0.1) is 44.8 Å². The maximum atomic E-state index is 13.4. The van der Waals surface area contributed by atoms with Crippen molar-refractivity contribution in [1.29, 1.82) is 0 Å². The number of alkyl halides is 3. The lowest BCUT2D eigenvalue weighted by Gasteiger charge is -2.45. The molecule has 0 aromatic heterocycles. The number of nitrogens with one attached hydrogen (secondary N) is 1. The summed E-state index contributed by atoms with van der Waals surface area (Å²) in [6, 6.07) is 7.17. The number of unbranched alkanes of at least 4 members (excludes halogenated alkanes) is 5. The van der Waals surface area contributed by atoms with Crippen molar-refractivity contribution in [3.63, 3.8) is 0 Å². The summed E-state index contributed by atoms with van der Waals surface area (Å²) in [4.78, 5) is 23.5. The third-order valence-corrected chi connectivity index (χ3v) is 8.52. The molecule has 1 N–H and O–H groups in total. The molecule has 1 aromatic rings. The Balaban J connectivity index is 2.12. The molecule has 12 heteroatoms. The fourth-order valence-electron chi connectivity index (χ4n) is 5.02. The average molecular weight is 565 g/mol. The number of anilines is 1. The van der Waals surface area contributed by atoms with Crippen LogP contribution in [-0.4, -0.2) is 70.8 Å². The Hall–Kier alpha value is -2.18. The third kappa shape index (κ3) is 9.85. The topological polar surface area (TPSA) is 92.8 Å². The van der Waals surface area contributed by atoms with Crippen molar-refractivity contribution in [2.75, 3.05) is 38.5 Å². The normalized spacial score (nSPS) is 19.7. The Labute approximate surface area is 224 Å². The summed E-state index contributed by atoms with van der Waals surface area (Å²) in [5.41, 5.74) is 0.0804. The molecule has 1 aromatic carbocycles. The number of esters is 2. The van der Waals surface area contributed by atoms with Gasteiger partial charge in [-0.05, 0) is 43.4 Å². The molecular formula is C26H41F3N3O5S+. The molecule has 8 nitrogen and oxygen atoms in total. The molecule has 1 heterocycles. The molecule has 0 saturated carbocycles. The Morgan fingerprint density at radius 2 is 1.68 bits per heavy atom. The summed E-state index contributed by atoms with van der Waals surface area (Å²) < 4.78 is 72.4. The van der Waals surface area contributed by atoms with E-state index in [2.05, 4.69) is 16.4 Å². The van der Waals surface area contributed by atoms with Gasteiger partial charge in [0.2, 0.25) is 0 Å². The number of likely N-dealkylation sites (tertiary alicyclic amines) is 1. The zero-order chi connectivity index (χ0) is 28.6. The molecule has 0 spiro atoms. The van der Waals surface area contributed by atoms with Crippen LogP contribution in [0.5, 0.6) is 0 Å². The fourth-order valence-corrected chi connectivity index (χ4v) is 6.35. The maximum absolute atomic E-state index is 13.4. The maximum Gasteiger partial charge on any atom is 0.491 e. The quantitative estimate of drug-likeness (QED) is 0.165. The lowest BCUT2D eigenvalue weighted by atomic mass is 9.86. The van der Waals surface area contributed by atoms with Crippen LogP contribution < -0.4 is 9.03 Å². The number of nitrogens with zero attached hydrogens (tertiary/aromatic N) is 2. The molecule has 0 bridgehead atoms. The number of hydrogen-bond donors (Lipinski definition) is 1. The molecule has 0 radical (unpaired) electrons. The molecule has 1 unspecified atom stereocenters. The molecule has 0 amide bonds. The van der Waals surface area contributed by atoms with Crippen molar-refractivity contribution in [1.82, 2.24) is 4.72 Å². The van der Waals surface area contributed by atoms with Crippen molar-refractivity contribution < 1.29 is 40.4 Å². The zero-order valence-corrected chi connectivity index (χ0v) is 23.6. The standard InChI is InChI=1S/C26H41F3N3O5S/c1-5-6-7-8-9-10-12-21-13-15-22(16-14-21)31(2)38(35,36)30-25(17-11-18-32(3,4)20-25)19-23(33)37-24(34)26(27,28)29/h13-16,30H,5-12,17-20H2,1-4H3/q+1. The molecule has 1 fully saturated rings. The van der Waals surface area contributed by atoms with Crippen LogP contribution in [0.25, 0.3) is 0 Å². The molecule has 1 aliphatic rings. The summed E-state index contributed by atoms with van der Waals surface area (Å²) in [5.74, 6) is -4.05. The number of hydrogen-bond acceptors (Lipinski definition) is 5. The van der Waals surface area contributed by atoms with Gasteiger partial charge >= 0.3 is 28.3 Å². The van der Waals surface area contributed by atoms with Gasteiger partial charge in [-0.1, -0.05) is 51.2 Å². The van der Waals surface area contributed by atoms with E-state index in [-0.39, 0.29) is 13.0 Å². The van der Waals surface area contributed by atoms with Crippen LogP contribution in [0.15, 0.2) is 24.3 Å². The average Bonchev–Trinajstić information content (AvgIpc) is 2.79. The van der Waals surface area contributed by atoms with Gasteiger partial charge in [-0.2, -0.15) is 26.3 Å². The minimum atomic E-state index is -5.33. The highest BCUT2D eigenvalue weighted by atomic mass is 32.2. The Kier molecular flexibility index (Phi) is 11.2. The number of quaternary nitrogens is 1. The number of carbonyl (C=O) groups excluding carboxylic acids is 2.